The summed E-state index contributed by atoms with van der Waals surface area (Å²) in [4.78, 5) is 29.3. The van der Waals surface area contributed by atoms with Crippen LogP contribution in [0, 0.1) is 11.2 Å². The van der Waals surface area contributed by atoms with Crippen LogP contribution in [0.25, 0.3) is 11.5 Å². The Hall–Kier alpha value is -2.70. The summed E-state index contributed by atoms with van der Waals surface area (Å²) in [5.41, 5.74) is 0.191. The molecule has 6 nitrogen and oxygen atoms in total. The van der Waals surface area contributed by atoms with Gasteiger partial charge in [0.1, 0.15) is 12.1 Å². The van der Waals surface area contributed by atoms with Gasteiger partial charge in [0.2, 0.25) is 11.8 Å². The highest BCUT2D eigenvalue weighted by atomic mass is 19.1. The lowest BCUT2D eigenvalue weighted by Crippen LogP contribution is -2.35. The fraction of sp³-hybridized carbons (Fsp3) is 0.353. The molecule has 1 aromatic carbocycles. The number of amides is 1. The highest BCUT2D eigenvalue weighted by molar-refractivity contribution is 5.81. The molecule has 2 heterocycles. The molecule has 1 aliphatic rings. The number of aromatic nitrogens is 1. The second-order valence-corrected chi connectivity index (χ2v) is 6.26. The zero-order chi connectivity index (χ0) is 17.3. The van der Waals surface area contributed by atoms with Gasteiger partial charge in [0.05, 0.1) is 17.5 Å². The van der Waals surface area contributed by atoms with Gasteiger partial charge in [-0.25, -0.2) is 9.37 Å². The van der Waals surface area contributed by atoms with Gasteiger partial charge in [-0.15, -0.1) is 0 Å². The average Bonchev–Trinajstić information content (AvgIpc) is 3.16. The molecular weight excluding hydrogens is 315 g/mol. The zero-order valence-corrected chi connectivity index (χ0v) is 13.2. The first-order valence-electron chi connectivity index (χ1n) is 7.59. The number of benzene rings is 1. The molecule has 0 radical (unpaired) electrons. The van der Waals surface area contributed by atoms with Crippen LogP contribution in [-0.4, -0.2) is 40.0 Å². The third-order valence-electron chi connectivity index (χ3n) is 4.32. The molecule has 1 N–H and O–H groups in total. The van der Waals surface area contributed by atoms with E-state index in [1.165, 1.54) is 18.4 Å². The molecule has 0 unspecified atom stereocenters. The third kappa shape index (κ3) is 3.15. The zero-order valence-electron chi connectivity index (χ0n) is 13.2. The van der Waals surface area contributed by atoms with E-state index in [0.29, 0.717) is 30.1 Å². The Morgan fingerprint density at radius 2 is 2.08 bits per heavy atom. The highest BCUT2D eigenvalue weighted by Crippen LogP contribution is 2.30. The Bertz CT molecular complexity index is 771. The predicted molar refractivity (Wildman–Crippen MR) is 82.5 cm³/mol. The number of carbonyl (C=O) groups is 2. The van der Waals surface area contributed by atoms with Crippen molar-refractivity contribution in [3.05, 3.63) is 42.0 Å². The Labute approximate surface area is 137 Å². The fourth-order valence-electron chi connectivity index (χ4n) is 2.73. The number of halogens is 1. The summed E-state index contributed by atoms with van der Waals surface area (Å²) in [6, 6.07) is 5.71. The van der Waals surface area contributed by atoms with Crippen LogP contribution < -0.4 is 0 Å². The molecular formula is C17H17FN2O4. The summed E-state index contributed by atoms with van der Waals surface area (Å²) in [5.74, 6) is -1.11. The van der Waals surface area contributed by atoms with Crippen molar-refractivity contribution in [2.75, 3.05) is 13.1 Å². The summed E-state index contributed by atoms with van der Waals surface area (Å²) in [6.07, 6.45) is 1.87. The molecule has 1 aromatic heterocycles. The molecule has 1 atom stereocenters. The molecule has 2 aromatic rings. The van der Waals surface area contributed by atoms with Crippen molar-refractivity contribution in [2.24, 2.45) is 5.41 Å². The normalized spacial score (nSPS) is 20.3. The minimum Gasteiger partial charge on any atom is -0.481 e. The largest absolute Gasteiger partial charge is 0.481 e. The minimum absolute atomic E-state index is 0.0421. The number of carbonyl (C=O) groups excluding carboxylic acids is 1. The maximum Gasteiger partial charge on any atom is 0.311 e. The maximum atomic E-state index is 12.9. The number of aliphatic carboxylic acids is 1. The number of carboxylic acids is 1. The first-order valence-corrected chi connectivity index (χ1v) is 7.59. The van der Waals surface area contributed by atoms with Crippen LogP contribution in [0.1, 0.15) is 19.0 Å². The number of likely N-dealkylation sites (tertiary alicyclic amines) is 1. The first-order chi connectivity index (χ1) is 11.4. The van der Waals surface area contributed by atoms with Crippen molar-refractivity contribution < 1.29 is 23.5 Å². The summed E-state index contributed by atoms with van der Waals surface area (Å²) in [5, 5.41) is 9.22. The van der Waals surface area contributed by atoms with Crippen LogP contribution in [0.3, 0.4) is 0 Å². The van der Waals surface area contributed by atoms with Crippen LogP contribution in [0.15, 0.2) is 34.9 Å². The molecule has 24 heavy (non-hydrogen) atoms. The van der Waals surface area contributed by atoms with Crippen molar-refractivity contribution in [1.29, 1.82) is 0 Å². The molecule has 1 amide bonds. The molecule has 0 bridgehead atoms. The average molecular weight is 332 g/mol. The number of carboxylic acid groups (broad SMARTS) is 1. The van der Waals surface area contributed by atoms with Gasteiger partial charge in [-0.05, 0) is 37.6 Å². The van der Waals surface area contributed by atoms with E-state index in [2.05, 4.69) is 4.98 Å². The number of hydrogen-bond donors (Lipinski definition) is 1. The lowest BCUT2D eigenvalue weighted by molar-refractivity contribution is -0.147. The summed E-state index contributed by atoms with van der Waals surface area (Å²) < 4.78 is 18.3. The van der Waals surface area contributed by atoms with Gasteiger partial charge in [-0.1, -0.05) is 0 Å². The Morgan fingerprint density at radius 3 is 2.71 bits per heavy atom. The number of rotatable bonds is 4. The van der Waals surface area contributed by atoms with Gasteiger partial charge in [0.15, 0.2) is 0 Å². The van der Waals surface area contributed by atoms with Gasteiger partial charge in [0, 0.05) is 18.7 Å². The molecule has 0 saturated carbocycles. The van der Waals surface area contributed by atoms with Gasteiger partial charge < -0.3 is 14.4 Å². The maximum absolute atomic E-state index is 12.9. The van der Waals surface area contributed by atoms with Gasteiger partial charge >= 0.3 is 5.97 Å². The van der Waals surface area contributed by atoms with E-state index in [0.717, 1.165) is 0 Å². The van der Waals surface area contributed by atoms with Crippen molar-refractivity contribution in [3.8, 4) is 11.5 Å². The lowest BCUT2D eigenvalue weighted by Gasteiger charge is -2.19. The van der Waals surface area contributed by atoms with Crippen LogP contribution in [0.4, 0.5) is 4.39 Å². The van der Waals surface area contributed by atoms with Crippen LogP contribution in [-0.2, 0) is 16.0 Å². The van der Waals surface area contributed by atoms with E-state index in [4.69, 9.17) is 4.42 Å². The molecule has 7 heteroatoms. The van der Waals surface area contributed by atoms with E-state index in [1.54, 1.807) is 24.0 Å². The van der Waals surface area contributed by atoms with E-state index < -0.39 is 11.4 Å². The van der Waals surface area contributed by atoms with Crippen molar-refractivity contribution in [1.82, 2.24) is 9.88 Å². The summed E-state index contributed by atoms with van der Waals surface area (Å²) >= 11 is 0. The fourth-order valence-corrected chi connectivity index (χ4v) is 2.73. The monoisotopic (exact) mass is 332 g/mol. The molecule has 1 fully saturated rings. The van der Waals surface area contributed by atoms with Crippen LogP contribution >= 0.6 is 0 Å². The highest BCUT2D eigenvalue weighted by Gasteiger charge is 2.42. The smallest absolute Gasteiger partial charge is 0.311 e. The second-order valence-electron chi connectivity index (χ2n) is 6.26. The van der Waals surface area contributed by atoms with Gasteiger partial charge in [0.25, 0.3) is 0 Å². The number of nitrogens with zero attached hydrogens (tertiary/aromatic N) is 2. The minimum atomic E-state index is -0.891. The molecule has 0 spiro atoms. The number of oxazole rings is 1. The third-order valence-corrected chi connectivity index (χ3v) is 4.32. The van der Waals surface area contributed by atoms with E-state index in [-0.39, 0.29) is 24.7 Å². The molecule has 3 rings (SSSR count). The lowest BCUT2D eigenvalue weighted by atomic mass is 9.90. The van der Waals surface area contributed by atoms with Crippen molar-refractivity contribution in [3.63, 3.8) is 0 Å². The molecule has 1 saturated heterocycles. The van der Waals surface area contributed by atoms with Gasteiger partial charge in [-0.2, -0.15) is 0 Å². The number of hydrogen-bond acceptors (Lipinski definition) is 4. The summed E-state index contributed by atoms with van der Waals surface area (Å²) in [7, 11) is 0. The van der Waals surface area contributed by atoms with Gasteiger partial charge in [-0.3, -0.25) is 9.59 Å². The van der Waals surface area contributed by atoms with Crippen molar-refractivity contribution in [2.45, 2.75) is 19.8 Å². The molecule has 0 aliphatic carbocycles. The molecule has 126 valence electrons. The first kappa shape index (κ1) is 16.2. The predicted octanol–water partition coefficient (Wildman–Crippen LogP) is 2.35. The Kier molecular flexibility index (Phi) is 4.09. The Balaban J connectivity index is 1.66. The van der Waals surface area contributed by atoms with Crippen LogP contribution in [0.5, 0.6) is 0 Å². The topological polar surface area (TPSA) is 83.6 Å². The van der Waals surface area contributed by atoms with Crippen LogP contribution in [0.2, 0.25) is 0 Å². The van der Waals surface area contributed by atoms with E-state index in [1.807, 2.05) is 0 Å². The quantitative estimate of drug-likeness (QED) is 0.929. The molecule has 1 aliphatic heterocycles. The van der Waals surface area contributed by atoms with E-state index >= 15 is 0 Å². The SMILES string of the molecule is C[C@@]1(C(=O)O)CCN(C(=O)Cc2coc(-c3ccc(F)cc3)n2)C1. The van der Waals surface area contributed by atoms with E-state index in [9.17, 15) is 19.1 Å². The second kappa shape index (κ2) is 6.07. The standard InChI is InChI=1S/C17H17FN2O4/c1-17(16(22)23)6-7-20(10-17)14(21)8-13-9-24-15(19-13)11-2-4-12(18)5-3-11/h2-5,9H,6-8,10H2,1H3,(H,22,23)/t17-/m1/s1. The summed E-state index contributed by atoms with van der Waals surface area (Å²) in [6.45, 7) is 2.26. The van der Waals surface area contributed by atoms with Crippen molar-refractivity contribution >= 4 is 11.9 Å². The Morgan fingerprint density at radius 1 is 1.38 bits per heavy atom.